The maximum atomic E-state index is 11.1. The van der Waals surface area contributed by atoms with Crippen molar-refractivity contribution in [2.45, 2.75) is 6.92 Å². The third kappa shape index (κ3) is 1.61. The van der Waals surface area contributed by atoms with Crippen LogP contribution in [-0.2, 0) is 0 Å². The highest BCUT2D eigenvalue weighted by Gasteiger charge is 2.02. The van der Waals surface area contributed by atoms with E-state index < -0.39 is 0 Å². The maximum absolute atomic E-state index is 11.1. The van der Waals surface area contributed by atoms with Crippen molar-refractivity contribution in [3.8, 4) is 0 Å². The van der Waals surface area contributed by atoms with E-state index in [0.717, 1.165) is 10.8 Å². The maximum Gasteiger partial charge on any atom is 0.178 e. The van der Waals surface area contributed by atoms with E-state index >= 15 is 0 Å². The highest BCUT2D eigenvalue weighted by atomic mass is 35.5. The van der Waals surface area contributed by atoms with Gasteiger partial charge in [0.15, 0.2) is 5.78 Å². The van der Waals surface area contributed by atoms with Gasteiger partial charge in [0.2, 0.25) is 0 Å². The minimum Gasteiger partial charge on any atom is -0.293 e. The molecule has 2 rings (SSSR count). The molecule has 0 atom stereocenters. The van der Waals surface area contributed by atoms with Gasteiger partial charge in [0, 0.05) is 23.5 Å². The molecule has 1 aromatic carbocycles. The molecule has 0 bridgehead atoms. The SMILES string of the molecule is CC(=O)c1cc2ccc(Cl)cc2cn1. The first-order valence-corrected chi connectivity index (χ1v) is 4.61. The van der Waals surface area contributed by atoms with Gasteiger partial charge < -0.3 is 0 Å². The highest BCUT2D eigenvalue weighted by Crippen LogP contribution is 2.19. The molecular weight excluding hydrogens is 198 g/mol. The van der Waals surface area contributed by atoms with E-state index in [9.17, 15) is 4.79 Å². The van der Waals surface area contributed by atoms with Crippen molar-refractivity contribution in [2.75, 3.05) is 0 Å². The predicted octanol–water partition coefficient (Wildman–Crippen LogP) is 3.09. The Balaban J connectivity index is 2.67. The van der Waals surface area contributed by atoms with Crippen LogP contribution in [0.25, 0.3) is 10.8 Å². The summed E-state index contributed by atoms with van der Waals surface area (Å²) < 4.78 is 0. The lowest BCUT2D eigenvalue weighted by Gasteiger charge is -1.99. The van der Waals surface area contributed by atoms with Crippen molar-refractivity contribution in [3.63, 3.8) is 0 Å². The summed E-state index contributed by atoms with van der Waals surface area (Å²) in [5, 5.41) is 2.60. The van der Waals surface area contributed by atoms with Gasteiger partial charge in [0.05, 0.1) is 0 Å². The minimum absolute atomic E-state index is 0.0261. The van der Waals surface area contributed by atoms with Crippen LogP contribution in [-0.4, -0.2) is 10.8 Å². The number of nitrogens with zero attached hydrogens (tertiary/aromatic N) is 1. The van der Waals surface area contributed by atoms with Crippen LogP contribution in [0.1, 0.15) is 17.4 Å². The van der Waals surface area contributed by atoms with Crippen molar-refractivity contribution in [2.24, 2.45) is 0 Å². The molecule has 0 N–H and O–H groups in total. The molecule has 0 aliphatic heterocycles. The third-order valence-corrected chi connectivity index (χ3v) is 2.28. The van der Waals surface area contributed by atoms with Crippen LogP contribution < -0.4 is 0 Å². The number of hydrogen-bond acceptors (Lipinski definition) is 2. The molecule has 3 heteroatoms. The van der Waals surface area contributed by atoms with Gasteiger partial charge in [-0.25, -0.2) is 0 Å². The Morgan fingerprint density at radius 2 is 2.07 bits per heavy atom. The number of fused-ring (bicyclic) bond motifs is 1. The van der Waals surface area contributed by atoms with Crippen molar-refractivity contribution in [3.05, 3.63) is 41.2 Å². The van der Waals surface area contributed by atoms with Gasteiger partial charge in [0.1, 0.15) is 5.69 Å². The lowest BCUT2D eigenvalue weighted by atomic mass is 10.1. The first-order valence-electron chi connectivity index (χ1n) is 4.23. The van der Waals surface area contributed by atoms with Crippen LogP contribution in [0.4, 0.5) is 0 Å². The van der Waals surface area contributed by atoms with Crippen LogP contribution in [0.2, 0.25) is 5.02 Å². The molecule has 0 saturated carbocycles. The molecule has 14 heavy (non-hydrogen) atoms. The molecule has 0 aliphatic rings. The number of Topliss-reactive ketones (excluding diaryl/α,β-unsaturated/α-hetero) is 1. The number of pyridine rings is 1. The van der Waals surface area contributed by atoms with E-state index in [4.69, 9.17) is 11.6 Å². The summed E-state index contributed by atoms with van der Waals surface area (Å²) in [4.78, 5) is 15.1. The number of rotatable bonds is 1. The molecule has 2 nitrogen and oxygen atoms in total. The van der Waals surface area contributed by atoms with Crippen molar-refractivity contribution < 1.29 is 4.79 Å². The van der Waals surface area contributed by atoms with E-state index in [1.54, 1.807) is 18.3 Å². The van der Waals surface area contributed by atoms with Crippen LogP contribution >= 0.6 is 11.6 Å². The predicted molar refractivity (Wildman–Crippen MR) is 56.8 cm³/mol. The molecule has 70 valence electrons. The molecular formula is C11H8ClNO. The molecule has 0 aliphatic carbocycles. The zero-order valence-electron chi connectivity index (χ0n) is 7.62. The smallest absolute Gasteiger partial charge is 0.178 e. The second kappa shape index (κ2) is 3.39. The zero-order chi connectivity index (χ0) is 10.1. The standard InChI is InChI=1S/C11H8ClNO/c1-7(14)11-5-8-2-3-10(12)4-9(8)6-13-11/h2-6H,1H3. The van der Waals surface area contributed by atoms with E-state index in [0.29, 0.717) is 10.7 Å². The monoisotopic (exact) mass is 205 g/mol. The minimum atomic E-state index is -0.0261. The topological polar surface area (TPSA) is 30.0 Å². The summed E-state index contributed by atoms with van der Waals surface area (Å²) in [6.07, 6.45) is 1.66. The van der Waals surface area contributed by atoms with Gasteiger partial charge >= 0.3 is 0 Å². The lowest BCUT2D eigenvalue weighted by Crippen LogP contribution is -1.95. The van der Waals surface area contributed by atoms with Crippen molar-refractivity contribution in [1.82, 2.24) is 4.98 Å². The molecule has 2 aromatic rings. The van der Waals surface area contributed by atoms with E-state index in [2.05, 4.69) is 4.98 Å². The van der Waals surface area contributed by atoms with Gasteiger partial charge in [-0.2, -0.15) is 0 Å². The summed E-state index contributed by atoms with van der Waals surface area (Å²) in [6.45, 7) is 1.50. The molecule has 0 fully saturated rings. The Kier molecular flexibility index (Phi) is 2.22. The molecule has 0 spiro atoms. The van der Waals surface area contributed by atoms with Gasteiger partial charge in [-0.1, -0.05) is 17.7 Å². The van der Waals surface area contributed by atoms with Crippen molar-refractivity contribution >= 4 is 28.2 Å². The number of hydrogen-bond donors (Lipinski definition) is 0. The number of halogens is 1. The van der Waals surface area contributed by atoms with Crippen LogP contribution in [0.15, 0.2) is 30.5 Å². The van der Waals surface area contributed by atoms with E-state index in [-0.39, 0.29) is 5.78 Å². The Morgan fingerprint density at radius 1 is 1.29 bits per heavy atom. The first-order chi connectivity index (χ1) is 6.66. The molecule has 0 unspecified atom stereocenters. The Bertz CT molecular complexity index is 508. The summed E-state index contributed by atoms with van der Waals surface area (Å²) >= 11 is 5.83. The van der Waals surface area contributed by atoms with Crippen LogP contribution in [0.5, 0.6) is 0 Å². The van der Waals surface area contributed by atoms with Gasteiger partial charge in [0.25, 0.3) is 0 Å². The quantitative estimate of drug-likeness (QED) is 0.670. The second-order valence-corrected chi connectivity index (χ2v) is 3.55. The van der Waals surface area contributed by atoms with Crippen LogP contribution in [0, 0.1) is 0 Å². The summed E-state index contributed by atoms with van der Waals surface area (Å²) in [7, 11) is 0. The second-order valence-electron chi connectivity index (χ2n) is 3.12. The number of aromatic nitrogens is 1. The first kappa shape index (κ1) is 9.16. The molecule has 0 saturated heterocycles. The summed E-state index contributed by atoms with van der Waals surface area (Å²) in [5.41, 5.74) is 0.486. The fourth-order valence-electron chi connectivity index (χ4n) is 1.31. The Morgan fingerprint density at radius 3 is 2.79 bits per heavy atom. The van der Waals surface area contributed by atoms with Gasteiger partial charge in [-0.05, 0) is 23.6 Å². The largest absolute Gasteiger partial charge is 0.293 e. The van der Waals surface area contributed by atoms with Gasteiger partial charge in [-0.15, -0.1) is 0 Å². The zero-order valence-corrected chi connectivity index (χ0v) is 8.38. The summed E-state index contributed by atoms with van der Waals surface area (Å²) in [6, 6.07) is 7.28. The number of carbonyl (C=O) groups is 1. The average molecular weight is 206 g/mol. The average Bonchev–Trinajstić information content (AvgIpc) is 2.16. The van der Waals surface area contributed by atoms with E-state index in [1.807, 2.05) is 12.1 Å². The lowest BCUT2D eigenvalue weighted by molar-refractivity contribution is 0.101. The number of ketones is 1. The van der Waals surface area contributed by atoms with Crippen LogP contribution in [0.3, 0.4) is 0 Å². The fourth-order valence-corrected chi connectivity index (χ4v) is 1.49. The third-order valence-electron chi connectivity index (χ3n) is 2.04. The van der Waals surface area contributed by atoms with E-state index in [1.165, 1.54) is 6.92 Å². The number of benzene rings is 1. The van der Waals surface area contributed by atoms with Crippen molar-refractivity contribution in [1.29, 1.82) is 0 Å². The molecule has 0 amide bonds. The molecule has 1 aromatic heterocycles. The Labute approximate surface area is 86.5 Å². The molecule has 0 radical (unpaired) electrons. The number of carbonyl (C=O) groups excluding carboxylic acids is 1. The fraction of sp³-hybridized carbons (Fsp3) is 0.0909. The highest BCUT2D eigenvalue weighted by molar-refractivity contribution is 6.31. The summed E-state index contributed by atoms with van der Waals surface area (Å²) in [5.74, 6) is -0.0261. The molecule has 1 heterocycles. The van der Waals surface area contributed by atoms with Gasteiger partial charge in [-0.3, -0.25) is 9.78 Å². The Hall–Kier alpha value is -1.41. The normalized spacial score (nSPS) is 10.4.